The zero-order chi connectivity index (χ0) is 21.0. The number of benzene rings is 2. The lowest BCUT2D eigenvalue weighted by Crippen LogP contribution is -2.46. The molecule has 0 aromatic heterocycles. The number of rotatable bonds is 4. The molecule has 1 aliphatic heterocycles. The van der Waals surface area contributed by atoms with Gasteiger partial charge in [-0.25, -0.2) is 4.39 Å². The van der Waals surface area contributed by atoms with Gasteiger partial charge in [0.25, 0.3) is 11.8 Å². The smallest absolute Gasteiger partial charge is 0.253 e. The summed E-state index contributed by atoms with van der Waals surface area (Å²) in [5, 5.41) is 6.01. The number of para-hydroxylation sites is 1. The molecule has 1 fully saturated rings. The average Bonchev–Trinajstić information content (AvgIpc) is 2.67. The molecule has 29 heavy (non-hydrogen) atoms. The molecule has 154 valence electrons. The number of hydrogen-bond donors (Lipinski definition) is 2. The van der Waals surface area contributed by atoms with Crippen LogP contribution in [0, 0.1) is 5.82 Å². The van der Waals surface area contributed by atoms with Crippen LogP contribution < -0.4 is 15.5 Å². The third-order valence-electron chi connectivity index (χ3n) is 4.89. The maximum Gasteiger partial charge on any atom is 0.253 e. The molecule has 0 atom stereocenters. The fourth-order valence-corrected chi connectivity index (χ4v) is 3.51. The van der Waals surface area contributed by atoms with Gasteiger partial charge < -0.3 is 15.5 Å². The first kappa shape index (κ1) is 20.8. The van der Waals surface area contributed by atoms with Crippen molar-refractivity contribution in [3.63, 3.8) is 0 Å². The Bertz CT molecular complexity index is 884. The van der Waals surface area contributed by atoms with Gasteiger partial charge in [0.2, 0.25) is 0 Å². The summed E-state index contributed by atoms with van der Waals surface area (Å²) in [6, 6.07) is 13.3. The Balaban J connectivity index is 1.62. The number of hydrogen-bond acceptors (Lipinski definition) is 3. The molecule has 2 N–H and O–H groups in total. The van der Waals surface area contributed by atoms with Gasteiger partial charge in [0.15, 0.2) is 0 Å². The van der Waals surface area contributed by atoms with Crippen molar-refractivity contribution in [2.24, 2.45) is 0 Å². The highest BCUT2D eigenvalue weighted by molar-refractivity contribution is 6.00. The van der Waals surface area contributed by atoms with Crippen molar-refractivity contribution in [2.45, 2.75) is 45.2 Å². The van der Waals surface area contributed by atoms with Crippen molar-refractivity contribution >= 4 is 17.5 Å². The molecular formula is C23H28FN3O2. The van der Waals surface area contributed by atoms with Crippen LogP contribution in [-0.4, -0.2) is 36.5 Å². The molecule has 1 heterocycles. The summed E-state index contributed by atoms with van der Waals surface area (Å²) >= 11 is 0. The van der Waals surface area contributed by atoms with Crippen molar-refractivity contribution in [1.82, 2.24) is 10.6 Å². The Labute approximate surface area is 171 Å². The molecule has 0 spiro atoms. The second-order valence-electron chi connectivity index (χ2n) is 8.47. The van der Waals surface area contributed by atoms with E-state index in [1.807, 2.05) is 45.0 Å². The highest BCUT2D eigenvalue weighted by Crippen LogP contribution is 2.25. The predicted octanol–water partition coefficient (Wildman–Crippen LogP) is 3.75. The Hall–Kier alpha value is -2.89. The molecule has 5 nitrogen and oxygen atoms in total. The van der Waals surface area contributed by atoms with Crippen molar-refractivity contribution in [1.29, 1.82) is 0 Å². The van der Waals surface area contributed by atoms with E-state index in [0.29, 0.717) is 11.1 Å². The number of halogens is 1. The number of carbonyl (C=O) groups is 2. The summed E-state index contributed by atoms with van der Waals surface area (Å²) in [7, 11) is 0. The molecule has 2 aromatic carbocycles. The number of carbonyl (C=O) groups excluding carboxylic acids is 2. The van der Waals surface area contributed by atoms with Gasteiger partial charge in [0.1, 0.15) is 5.82 Å². The van der Waals surface area contributed by atoms with E-state index < -0.39 is 5.82 Å². The molecule has 6 heteroatoms. The van der Waals surface area contributed by atoms with E-state index in [1.54, 1.807) is 6.07 Å². The molecule has 0 radical (unpaired) electrons. The quantitative estimate of drug-likeness (QED) is 0.826. The zero-order valence-corrected chi connectivity index (χ0v) is 17.2. The molecule has 3 rings (SSSR count). The van der Waals surface area contributed by atoms with Gasteiger partial charge in [-0.2, -0.15) is 0 Å². The van der Waals surface area contributed by atoms with E-state index in [1.165, 1.54) is 18.2 Å². The molecule has 2 aromatic rings. The van der Waals surface area contributed by atoms with Gasteiger partial charge in [0.05, 0.1) is 5.56 Å². The molecule has 1 aliphatic rings. The first-order chi connectivity index (χ1) is 13.7. The van der Waals surface area contributed by atoms with E-state index in [0.717, 1.165) is 31.6 Å². The van der Waals surface area contributed by atoms with Gasteiger partial charge >= 0.3 is 0 Å². The summed E-state index contributed by atoms with van der Waals surface area (Å²) in [6.45, 7) is 7.34. The highest BCUT2D eigenvalue weighted by Gasteiger charge is 2.25. The van der Waals surface area contributed by atoms with Gasteiger partial charge in [-0.05, 0) is 63.9 Å². The van der Waals surface area contributed by atoms with Crippen LogP contribution in [0.2, 0.25) is 0 Å². The second kappa shape index (κ2) is 8.64. The molecule has 0 aliphatic carbocycles. The molecule has 0 saturated carbocycles. The molecule has 0 unspecified atom stereocenters. The summed E-state index contributed by atoms with van der Waals surface area (Å²) < 4.78 is 13.3. The first-order valence-corrected chi connectivity index (χ1v) is 9.96. The van der Waals surface area contributed by atoms with Crippen molar-refractivity contribution < 1.29 is 14.0 Å². The van der Waals surface area contributed by atoms with Gasteiger partial charge in [-0.15, -0.1) is 0 Å². The second-order valence-corrected chi connectivity index (χ2v) is 8.47. The molecular weight excluding hydrogens is 369 g/mol. The topological polar surface area (TPSA) is 61.4 Å². The minimum absolute atomic E-state index is 0.0255. The third kappa shape index (κ3) is 5.56. The Morgan fingerprint density at radius 1 is 1.00 bits per heavy atom. The summed E-state index contributed by atoms with van der Waals surface area (Å²) in [5.74, 6) is -0.764. The van der Waals surface area contributed by atoms with Gasteiger partial charge in [-0.1, -0.05) is 18.2 Å². The van der Waals surface area contributed by atoms with Crippen LogP contribution >= 0.6 is 0 Å². The minimum Gasteiger partial charge on any atom is -0.371 e. The maximum atomic E-state index is 13.3. The molecule has 1 saturated heterocycles. The van der Waals surface area contributed by atoms with E-state index in [-0.39, 0.29) is 23.4 Å². The van der Waals surface area contributed by atoms with Crippen LogP contribution in [0.3, 0.4) is 0 Å². The van der Waals surface area contributed by atoms with Crippen molar-refractivity contribution in [2.75, 3.05) is 18.0 Å². The summed E-state index contributed by atoms with van der Waals surface area (Å²) in [4.78, 5) is 27.2. The fraction of sp³-hybridized carbons (Fsp3) is 0.391. The molecule has 2 amide bonds. The number of nitrogens with zero attached hydrogens (tertiary/aromatic N) is 1. The van der Waals surface area contributed by atoms with Gasteiger partial charge in [0, 0.05) is 35.9 Å². The van der Waals surface area contributed by atoms with Crippen LogP contribution in [0.15, 0.2) is 48.5 Å². The Morgan fingerprint density at radius 2 is 1.69 bits per heavy atom. The standard InChI is InChI=1S/C23H28FN3O2/c1-23(2,3)26-22(29)19-9-4-5-10-20(19)27-13-11-18(12-14-27)25-21(28)16-7-6-8-17(24)15-16/h4-10,15,18H,11-14H2,1-3H3,(H,25,28)(H,26,29). The molecule has 0 bridgehead atoms. The number of amides is 2. The fourth-order valence-electron chi connectivity index (χ4n) is 3.51. The maximum absolute atomic E-state index is 13.3. The Morgan fingerprint density at radius 3 is 2.34 bits per heavy atom. The van der Waals surface area contributed by atoms with Crippen LogP contribution in [0.1, 0.15) is 54.3 Å². The monoisotopic (exact) mass is 397 g/mol. The van der Waals surface area contributed by atoms with E-state index in [9.17, 15) is 14.0 Å². The van der Waals surface area contributed by atoms with Crippen LogP contribution in [0.25, 0.3) is 0 Å². The van der Waals surface area contributed by atoms with E-state index in [4.69, 9.17) is 0 Å². The normalized spacial score (nSPS) is 15.1. The highest BCUT2D eigenvalue weighted by atomic mass is 19.1. The van der Waals surface area contributed by atoms with Crippen molar-refractivity contribution in [3.8, 4) is 0 Å². The van der Waals surface area contributed by atoms with Crippen LogP contribution in [-0.2, 0) is 0 Å². The summed E-state index contributed by atoms with van der Waals surface area (Å²) in [5.41, 5.74) is 1.59. The Kier molecular flexibility index (Phi) is 6.20. The third-order valence-corrected chi connectivity index (χ3v) is 4.89. The minimum atomic E-state index is -0.419. The van der Waals surface area contributed by atoms with Crippen LogP contribution in [0.4, 0.5) is 10.1 Å². The lowest BCUT2D eigenvalue weighted by atomic mass is 10.0. The predicted molar refractivity (Wildman–Crippen MR) is 113 cm³/mol. The lowest BCUT2D eigenvalue weighted by Gasteiger charge is -2.35. The number of nitrogens with one attached hydrogen (secondary N) is 2. The zero-order valence-electron chi connectivity index (χ0n) is 17.2. The largest absolute Gasteiger partial charge is 0.371 e. The lowest BCUT2D eigenvalue weighted by molar-refractivity contribution is 0.0917. The SMILES string of the molecule is CC(C)(C)NC(=O)c1ccccc1N1CCC(NC(=O)c2cccc(F)c2)CC1. The summed E-state index contributed by atoms with van der Waals surface area (Å²) in [6.07, 6.45) is 1.52. The van der Waals surface area contributed by atoms with Crippen molar-refractivity contribution in [3.05, 3.63) is 65.5 Å². The number of anilines is 1. The van der Waals surface area contributed by atoms with Crippen LogP contribution in [0.5, 0.6) is 0 Å². The van der Waals surface area contributed by atoms with E-state index >= 15 is 0 Å². The number of piperidine rings is 1. The van der Waals surface area contributed by atoms with Gasteiger partial charge in [-0.3, -0.25) is 9.59 Å². The average molecular weight is 397 g/mol. The first-order valence-electron chi connectivity index (χ1n) is 9.96. The van der Waals surface area contributed by atoms with E-state index in [2.05, 4.69) is 15.5 Å².